The highest BCUT2D eigenvalue weighted by Gasteiger charge is 2.15. The Morgan fingerprint density at radius 2 is 1.81 bits per heavy atom. The highest BCUT2D eigenvalue weighted by Crippen LogP contribution is 2.28. The van der Waals surface area contributed by atoms with Crippen LogP contribution in [0.5, 0.6) is 0 Å². The van der Waals surface area contributed by atoms with Crippen molar-refractivity contribution in [3.63, 3.8) is 0 Å². The fourth-order valence-electron chi connectivity index (χ4n) is 2.60. The number of nitrogens with zero attached hydrogens (tertiary/aromatic N) is 1. The number of hydrogen-bond donors (Lipinski definition) is 1. The summed E-state index contributed by atoms with van der Waals surface area (Å²) in [6.45, 7) is 1.97. The lowest BCUT2D eigenvalue weighted by Gasteiger charge is -2.15. The summed E-state index contributed by atoms with van der Waals surface area (Å²) in [5.41, 5.74) is 2.64. The van der Waals surface area contributed by atoms with Gasteiger partial charge in [-0.2, -0.15) is 0 Å². The van der Waals surface area contributed by atoms with Crippen LogP contribution < -0.4 is 0 Å². The van der Waals surface area contributed by atoms with E-state index in [0.29, 0.717) is 11.8 Å². The summed E-state index contributed by atoms with van der Waals surface area (Å²) in [4.78, 5) is 4.31. The first kappa shape index (κ1) is 13.7. The summed E-state index contributed by atoms with van der Waals surface area (Å²) in [6.07, 6.45) is 1.43. The largest absolute Gasteiger partial charge is 0.388 e. The van der Waals surface area contributed by atoms with Gasteiger partial charge in [-0.1, -0.05) is 36.4 Å². The second-order valence-corrected chi connectivity index (χ2v) is 5.17. The fraction of sp³-hybridized carbons (Fsp3) is 0.167. The van der Waals surface area contributed by atoms with Crippen LogP contribution in [0.2, 0.25) is 0 Å². The molecule has 21 heavy (non-hydrogen) atoms. The zero-order valence-electron chi connectivity index (χ0n) is 11.8. The summed E-state index contributed by atoms with van der Waals surface area (Å²) in [5.74, 6) is -0.268. The zero-order valence-corrected chi connectivity index (χ0v) is 11.8. The summed E-state index contributed by atoms with van der Waals surface area (Å²) in [7, 11) is 0. The van der Waals surface area contributed by atoms with Crippen molar-refractivity contribution in [2.45, 2.75) is 19.4 Å². The van der Waals surface area contributed by atoms with Gasteiger partial charge in [-0.25, -0.2) is 4.39 Å². The Kier molecular flexibility index (Phi) is 3.67. The second kappa shape index (κ2) is 5.62. The zero-order chi connectivity index (χ0) is 14.8. The van der Waals surface area contributed by atoms with E-state index in [1.54, 1.807) is 24.4 Å². The lowest BCUT2D eigenvalue weighted by molar-refractivity contribution is 0.178. The Bertz CT molecular complexity index is 785. The van der Waals surface area contributed by atoms with Crippen LogP contribution in [0, 0.1) is 12.7 Å². The van der Waals surface area contributed by atoms with E-state index in [1.807, 2.05) is 31.2 Å². The molecular weight excluding hydrogens is 265 g/mol. The maximum absolute atomic E-state index is 13.8. The predicted octanol–water partition coefficient (Wildman–Crippen LogP) is 3.96. The molecule has 0 fully saturated rings. The van der Waals surface area contributed by atoms with Crippen molar-refractivity contribution in [3.05, 3.63) is 77.4 Å². The molecule has 106 valence electrons. The van der Waals surface area contributed by atoms with E-state index in [2.05, 4.69) is 4.98 Å². The van der Waals surface area contributed by atoms with Gasteiger partial charge in [0.15, 0.2) is 0 Å². The van der Waals surface area contributed by atoms with Gasteiger partial charge in [0.2, 0.25) is 0 Å². The van der Waals surface area contributed by atoms with E-state index in [4.69, 9.17) is 0 Å². The van der Waals surface area contributed by atoms with Crippen LogP contribution >= 0.6 is 0 Å². The summed E-state index contributed by atoms with van der Waals surface area (Å²) in [5, 5.41) is 11.8. The van der Waals surface area contributed by atoms with Gasteiger partial charge in [0.25, 0.3) is 0 Å². The van der Waals surface area contributed by atoms with E-state index in [1.165, 1.54) is 6.07 Å². The molecule has 2 nitrogen and oxygen atoms in total. The average Bonchev–Trinajstić information content (AvgIpc) is 2.50. The van der Waals surface area contributed by atoms with Crippen LogP contribution in [0.4, 0.5) is 4.39 Å². The number of aliphatic hydroxyl groups is 1. The summed E-state index contributed by atoms with van der Waals surface area (Å²) < 4.78 is 13.8. The van der Waals surface area contributed by atoms with Crippen molar-refractivity contribution in [2.75, 3.05) is 0 Å². The van der Waals surface area contributed by atoms with E-state index >= 15 is 0 Å². The molecule has 3 rings (SSSR count). The Hall–Kier alpha value is -2.26. The first-order valence-electron chi connectivity index (χ1n) is 6.92. The molecule has 0 saturated carbocycles. The van der Waals surface area contributed by atoms with Crippen molar-refractivity contribution >= 4 is 10.8 Å². The van der Waals surface area contributed by atoms with E-state index in [9.17, 15) is 9.50 Å². The van der Waals surface area contributed by atoms with Crippen molar-refractivity contribution in [1.82, 2.24) is 4.98 Å². The number of hydrogen-bond acceptors (Lipinski definition) is 2. The third-order valence-electron chi connectivity index (χ3n) is 3.77. The van der Waals surface area contributed by atoms with Gasteiger partial charge < -0.3 is 5.11 Å². The number of aromatic nitrogens is 1. The van der Waals surface area contributed by atoms with Crippen molar-refractivity contribution < 1.29 is 9.50 Å². The van der Waals surface area contributed by atoms with Gasteiger partial charge in [-0.3, -0.25) is 4.98 Å². The molecule has 3 aromatic rings. The van der Waals surface area contributed by atoms with Gasteiger partial charge >= 0.3 is 0 Å². The molecule has 1 atom stereocenters. The minimum absolute atomic E-state index is 0.268. The van der Waals surface area contributed by atoms with Gasteiger partial charge in [-0.15, -0.1) is 0 Å². The Morgan fingerprint density at radius 3 is 2.57 bits per heavy atom. The number of aliphatic hydroxyl groups excluding tert-OH is 1. The monoisotopic (exact) mass is 281 g/mol. The molecule has 0 radical (unpaired) electrons. The standard InChI is InChI=1S/C18H16FNO/c1-12-5-4-10-20-17(12)11-18(21)15-8-9-16(19)14-7-3-2-6-13(14)15/h2-10,18,21H,11H2,1H3. The van der Waals surface area contributed by atoms with E-state index < -0.39 is 6.10 Å². The summed E-state index contributed by atoms with van der Waals surface area (Å²) >= 11 is 0. The molecule has 1 unspecified atom stereocenters. The highest BCUT2D eigenvalue weighted by molar-refractivity contribution is 5.86. The number of halogens is 1. The first-order valence-corrected chi connectivity index (χ1v) is 6.92. The molecule has 0 aliphatic carbocycles. The van der Waals surface area contributed by atoms with E-state index in [-0.39, 0.29) is 5.82 Å². The number of rotatable bonds is 3. The van der Waals surface area contributed by atoms with Crippen molar-refractivity contribution in [1.29, 1.82) is 0 Å². The minimum Gasteiger partial charge on any atom is -0.388 e. The van der Waals surface area contributed by atoms with Crippen LogP contribution in [-0.2, 0) is 6.42 Å². The molecule has 1 heterocycles. The molecule has 0 aliphatic heterocycles. The van der Waals surface area contributed by atoms with Gasteiger partial charge in [0, 0.05) is 23.7 Å². The topological polar surface area (TPSA) is 33.1 Å². The van der Waals surface area contributed by atoms with Gasteiger partial charge in [-0.05, 0) is 35.6 Å². The van der Waals surface area contributed by atoms with Crippen LogP contribution in [-0.4, -0.2) is 10.1 Å². The van der Waals surface area contributed by atoms with Gasteiger partial charge in [0.1, 0.15) is 5.82 Å². The van der Waals surface area contributed by atoms with Gasteiger partial charge in [0.05, 0.1) is 6.10 Å². The Balaban J connectivity index is 2.01. The third kappa shape index (κ3) is 2.65. The fourth-order valence-corrected chi connectivity index (χ4v) is 2.60. The number of benzene rings is 2. The molecule has 0 saturated heterocycles. The predicted molar refractivity (Wildman–Crippen MR) is 81.5 cm³/mol. The molecule has 0 amide bonds. The minimum atomic E-state index is -0.705. The maximum Gasteiger partial charge on any atom is 0.131 e. The number of pyridine rings is 1. The molecular formula is C18H16FNO. The molecule has 0 aliphatic rings. The van der Waals surface area contributed by atoms with Crippen molar-refractivity contribution in [3.8, 4) is 0 Å². The first-order chi connectivity index (χ1) is 10.2. The normalized spacial score (nSPS) is 12.5. The third-order valence-corrected chi connectivity index (χ3v) is 3.77. The van der Waals surface area contributed by atoms with Crippen molar-refractivity contribution in [2.24, 2.45) is 0 Å². The number of aryl methyl sites for hydroxylation is 1. The SMILES string of the molecule is Cc1cccnc1CC(O)c1ccc(F)c2ccccc12. The number of fused-ring (bicyclic) bond motifs is 1. The molecule has 0 bridgehead atoms. The molecule has 2 aromatic carbocycles. The smallest absolute Gasteiger partial charge is 0.131 e. The Morgan fingerprint density at radius 1 is 1.05 bits per heavy atom. The lowest BCUT2D eigenvalue weighted by atomic mass is 9.96. The molecule has 1 N–H and O–H groups in total. The second-order valence-electron chi connectivity index (χ2n) is 5.17. The quantitative estimate of drug-likeness (QED) is 0.788. The average molecular weight is 281 g/mol. The van der Waals surface area contributed by atoms with Crippen LogP contribution in [0.15, 0.2) is 54.7 Å². The van der Waals surface area contributed by atoms with E-state index in [0.717, 1.165) is 22.2 Å². The molecule has 3 heteroatoms. The molecule has 0 spiro atoms. The van der Waals surface area contributed by atoms with Crippen LogP contribution in [0.1, 0.15) is 22.9 Å². The van der Waals surface area contributed by atoms with Crippen LogP contribution in [0.3, 0.4) is 0 Å². The highest BCUT2D eigenvalue weighted by atomic mass is 19.1. The summed E-state index contributed by atoms with van der Waals surface area (Å²) in [6, 6.07) is 14.1. The molecule has 1 aromatic heterocycles. The lowest BCUT2D eigenvalue weighted by Crippen LogP contribution is -2.06. The van der Waals surface area contributed by atoms with Crippen LogP contribution in [0.25, 0.3) is 10.8 Å². The maximum atomic E-state index is 13.8. The Labute approximate surface area is 122 Å².